The number of nitrogens with zero attached hydrogens (tertiary/aromatic N) is 2. The quantitative estimate of drug-likeness (QED) is 0.776. The Kier molecular flexibility index (Phi) is 3.23. The van der Waals surface area contributed by atoms with Gasteiger partial charge in [0, 0.05) is 11.4 Å². The molecule has 1 aromatic heterocycles. The molecule has 18 heavy (non-hydrogen) atoms. The lowest BCUT2D eigenvalue weighted by molar-refractivity contribution is -0.113. The molecule has 0 saturated carbocycles. The second-order valence-electron chi connectivity index (χ2n) is 3.96. The Morgan fingerprint density at radius 1 is 1.17 bits per heavy atom. The van der Waals surface area contributed by atoms with Gasteiger partial charge >= 0.3 is 11.8 Å². The van der Waals surface area contributed by atoms with Crippen LogP contribution in [0.4, 0.5) is 5.69 Å². The first-order chi connectivity index (χ1) is 8.58. The minimum Gasteiger partial charge on any atom is -0.318 e. The normalized spacial score (nSPS) is 10.1. The molecule has 1 aromatic carbocycles. The van der Waals surface area contributed by atoms with Crippen LogP contribution in [0.15, 0.2) is 36.4 Å². The molecular formula is C13H13N3O2. The summed E-state index contributed by atoms with van der Waals surface area (Å²) < 4.78 is 1.10. The SMILES string of the molecule is Cc1cc(C)n(C(=O)C(=O)Nc2ccccc2)n1. The Morgan fingerprint density at radius 3 is 2.39 bits per heavy atom. The highest BCUT2D eigenvalue weighted by Crippen LogP contribution is 2.06. The summed E-state index contributed by atoms with van der Waals surface area (Å²) in [5, 5.41) is 6.51. The zero-order chi connectivity index (χ0) is 13.1. The van der Waals surface area contributed by atoms with Crippen LogP contribution >= 0.6 is 0 Å². The van der Waals surface area contributed by atoms with E-state index in [-0.39, 0.29) is 0 Å². The Balaban J connectivity index is 2.15. The summed E-state index contributed by atoms with van der Waals surface area (Å²) >= 11 is 0. The van der Waals surface area contributed by atoms with Gasteiger partial charge < -0.3 is 5.32 Å². The predicted octanol–water partition coefficient (Wildman–Crippen LogP) is 1.78. The molecule has 0 atom stereocenters. The summed E-state index contributed by atoms with van der Waals surface area (Å²) in [6.07, 6.45) is 0. The minimum absolute atomic E-state index is 0.581. The van der Waals surface area contributed by atoms with Crippen molar-refractivity contribution in [2.45, 2.75) is 13.8 Å². The van der Waals surface area contributed by atoms with E-state index < -0.39 is 11.8 Å². The van der Waals surface area contributed by atoms with Crippen molar-refractivity contribution < 1.29 is 9.59 Å². The smallest absolute Gasteiger partial charge is 0.318 e. The fourth-order valence-electron chi connectivity index (χ4n) is 1.64. The molecule has 0 fully saturated rings. The van der Waals surface area contributed by atoms with Crippen molar-refractivity contribution in [2.75, 3.05) is 5.32 Å². The average molecular weight is 243 g/mol. The molecular weight excluding hydrogens is 230 g/mol. The molecule has 5 heteroatoms. The summed E-state index contributed by atoms with van der Waals surface area (Å²) in [5.74, 6) is -1.39. The molecule has 1 heterocycles. The Hall–Kier alpha value is -2.43. The molecule has 0 aliphatic rings. The van der Waals surface area contributed by atoms with E-state index >= 15 is 0 Å². The summed E-state index contributed by atoms with van der Waals surface area (Å²) in [5.41, 5.74) is 1.92. The molecule has 0 spiro atoms. The van der Waals surface area contributed by atoms with E-state index in [0.29, 0.717) is 17.1 Å². The highest BCUT2D eigenvalue weighted by Gasteiger charge is 2.18. The number of para-hydroxylation sites is 1. The van der Waals surface area contributed by atoms with Crippen molar-refractivity contribution in [3.05, 3.63) is 47.8 Å². The Bertz CT molecular complexity index is 588. The maximum Gasteiger partial charge on any atom is 0.336 e. The van der Waals surface area contributed by atoms with Gasteiger partial charge in [-0.15, -0.1) is 0 Å². The van der Waals surface area contributed by atoms with Gasteiger partial charge in [0.05, 0.1) is 5.69 Å². The van der Waals surface area contributed by atoms with Gasteiger partial charge in [-0.3, -0.25) is 9.59 Å². The van der Waals surface area contributed by atoms with E-state index in [0.717, 1.165) is 4.68 Å². The molecule has 2 aromatic rings. The molecule has 1 N–H and O–H groups in total. The molecule has 0 aliphatic heterocycles. The van der Waals surface area contributed by atoms with Crippen molar-refractivity contribution in [2.24, 2.45) is 0 Å². The number of hydrogen-bond donors (Lipinski definition) is 1. The van der Waals surface area contributed by atoms with E-state index in [4.69, 9.17) is 0 Å². The van der Waals surface area contributed by atoms with Crippen LogP contribution in [0.1, 0.15) is 16.2 Å². The van der Waals surface area contributed by atoms with Gasteiger partial charge in [0.15, 0.2) is 0 Å². The van der Waals surface area contributed by atoms with E-state index in [2.05, 4.69) is 10.4 Å². The third-order valence-electron chi connectivity index (χ3n) is 2.43. The standard InChI is InChI=1S/C13H13N3O2/c1-9-8-10(2)16(15-9)13(18)12(17)14-11-6-4-3-5-7-11/h3-8H,1-2H3,(H,14,17). The largest absolute Gasteiger partial charge is 0.336 e. The third-order valence-corrected chi connectivity index (χ3v) is 2.43. The number of rotatable bonds is 1. The number of carbonyl (C=O) groups is 2. The second-order valence-corrected chi connectivity index (χ2v) is 3.96. The number of anilines is 1. The second kappa shape index (κ2) is 4.83. The zero-order valence-corrected chi connectivity index (χ0v) is 10.2. The molecule has 0 saturated heterocycles. The average Bonchev–Trinajstić information content (AvgIpc) is 2.68. The first-order valence-corrected chi connectivity index (χ1v) is 5.52. The molecule has 0 radical (unpaired) electrons. The van der Waals surface area contributed by atoms with Crippen molar-refractivity contribution in [3.63, 3.8) is 0 Å². The van der Waals surface area contributed by atoms with Gasteiger partial charge in [0.2, 0.25) is 0 Å². The summed E-state index contributed by atoms with van der Waals surface area (Å²) in [4.78, 5) is 23.6. The van der Waals surface area contributed by atoms with Crippen molar-refractivity contribution in [1.29, 1.82) is 0 Å². The van der Waals surface area contributed by atoms with E-state index in [1.165, 1.54) is 0 Å². The van der Waals surface area contributed by atoms with Crippen LogP contribution in [-0.2, 0) is 4.79 Å². The summed E-state index contributed by atoms with van der Waals surface area (Å²) in [6.45, 7) is 3.50. The molecule has 2 rings (SSSR count). The molecule has 5 nitrogen and oxygen atoms in total. The Labute approximate surface area is 104 Å². The molecule has 0 aliphatic carbocycles. The van der Waals surface area contributed by atoms with Gasteiger partial charge in [-0.2, -0.15) is 9.78 Å². The summed E-state index contributed by atoms with van der Waals surface area (Å²) in [6, 6.07) is 10.6. The van der Waals surface area contributed by atoms with Crippen LogP contribution in [0, 0.1) is 13.8 Å². The fourth-order valence-corrected chi connectivity index (χ4v) is 1.64. The zero-order valence-electron chi connectivity index (χ0n) is 10.2. The van der Waals surface area contributed by atoms with Crippen LogP contribution in [0.25, 0.3) is 0 Å². The van der Waals surface area contributed by atoms with E-state index in [1.807, 2.05) is 6.07 Å². The molecule has 0 bridgehead atoms. The third kappa shape index (κ3) is 2.45. The number of nitrogens with one attached hydrogen (secondary N) is 1. The van der Waals surface area contributed by atoms with Gasteiger partial charge in [0.25, 0.3) is 0 Å². The number of carbonyl (C=O) groups excluding carboxylic acids is 2. The number of benzene rings is 1. The van der Waals surface area contributed by atoms with Gasteiger partial charge in [-0.1, -0.05) is 18.2 Å². The summed E-state index contributed by atoms with van der Waals surface area (Å²) in [7, 11) is 0. The monoisotopic (exact) mass is 243 g/mol. The molecule has 92 valence electrons. The van der Waals surface area contributed by atoms with Crippen LogP contribution in [-0.4, -0.2) is 21.6 Å². The van der Waals surface area contributed by atoms with Gasteiger partial charge in [0.1, 0.15) is 0 Å². The number of amides is 1. The maximum atomic E-state index is 11.9. The van der Waals surface area contributed by atoms with Crippen molar-refractivity contribution >= 4 is 17.5 Å². The minimum atomic E-state index is -0.701. The lowest BCUT2D eigenvalue weighted by atomic mass is 10.3. The fraction of sp³-hybridized carbons (Fsp3) is 0.154. The van der Waals surface area contributed by atoms with E-state index in [9.17, 15) is 9.59 Å². The number of aromatic nitrogens is 2. The lowest BCUT2D eigenvalue weighted by Gasteiger charge is -2.04. The van der Waals surface area contributed by atoms with Crippen LogP contribution in [0.3, 0.4) is 0 Å². The molecule has 0 unspecified atom stereocenters. The van der Waals surface area contributed by atoms with E-state index in [1.54, 1.807) is 44.2 Å². The van der Waals surface area contributed by atoms with Gasteiger partial charge in [-0.25, -0.2) is 0 Å². The lowest BCUT2D eigenvalue weighted by Crippen LogP contribution is -2.29. The predicted molar refractivity (Wildman–Crippen MR) is 67.4 cm³/mol. The van der Waals surface area contributed by atoms with Crippen molar-refractivity contribution in [1.82, 2.24) is 9.78 Å². The number of hydrogen-bond acceptors (Lipinski definition) is 3. The van der Waals surface area contributed by atoms with Crippen LogP contribution in [0.2, 0.25) is 0 Å². The van der Waals surface area contributed by atoms with Crippen molar-refractivity contribution in [3.8, 4) is 0 Å². The van der Waals surface area contributed by atoms with Crippen LogP contribution in [0.5, 0.6) is 0 Å². The Morgan fingerprint density at radius 2 is 1.83 bits per heavy atom. The first-order valence-electron chi connectivity index (χ1n) is 5.52. The maximum absolute atomic E-state index is 11.9. The number of aryl methyl sites for hydroxylation is 2. The van der Waals surface area contributed by atoms with Crippen LogP contribution < -0.4 is 5.32 Å². The highest BCUT2D eigenvalue weighted by molar-refractivity contribution is 6.40. The molecule has 1 amide bonds. The highest BCUT2D eigenvalue weighted by atomic mass is 16.2. The topological polar surface area (TPSA) is 64.0 Å². The van der Waals surface area contributed by atoms with Gasteiger partial charge in [-0.05, 0) is 32.0 Å². The first kappa shape index (κ1) is 12.0.